The number of carboxylic acid groups (broad SMARTS) is 1. The van der Waals surface area contributed by atoms with Crippen molar-refractivity contribution < 1.29 is 23.1 Å². The monoisotopic (exact) mass is 279 g/mol. The van der Waals surface area contributed by atoms with Crippen LogP contribution in [0.1, 0.15) is 39.5 Å². The van der Waals surface area contributed by atoms with Gasteiger partial charge < -0.3 is 5.11 Å². The van der Waals surface area contributed by atoms with Crippen LogP contribution >= 0.6 is 0 Å². The molecule has 0 bridgehead atoms. The van der Waals surface area contributed by atoms with E-state index in [0.29, 0.717) is 0 Å². The summed E-state index contributed by atoms with van der Waals surface area (Å²) in [6.07, 6.45) is -2.17. The average Bonchev–Trinajstić information content (AvgIpc) is 2.80. The highest BCUT2D eigenvalue weighted by molar-refractivity contribution is 5.76. The first-order valence-electron chi connectivity index (χ1n) is 6.64. The summed E-state index contributed by atoms with van der Waals surface area (Å²) in [6, 6.07) is 0.0658. The summed E-state index contributed by atoms with van der Waals surface area (Å²) >= 11 is 0. The highest BCUT2D eigenvalue weighted by atomic mass is 19.4. The molecule has 0 aromatic rings. The minimum atomic E-state index is -4.68. The van der Waals surface area contributed by atoms with Crippen LogP contribution in [0, 0.1) is 10.8 Å². The van der Waals surface area contributed by atoms with Gasteiger partial charge in [-0.1, -0.05) is 20.3 Å². The lowest BCUT2D eigenvalue weighted by Crippen LogP contribution is -2.49. The first-order chi connectivity index (χ1) is 8.60. The molecule has 2 unspecified atom stereocenters. The molecule has 0 radical (unpaired) electrons. The van der Waals surface area contributed by atoms with E-state index >= 15 is 0 Å². The van der Waals surface area contributed by atoms with E-state index in [1.165, 1.54) is 0 Å². The Morgan fingerprint density at radius 3 is 2.32 bits per heavy atom. The van der Waals surface area contributed by atoms with Gasteiger partial charge in [0.2, 0.25) is 0 Å². The van der Waals surface area contributed by atoms with Crippen molar-refractivity contribution in [3.63, 3.8) is 0 Å². The fourth-order valence-electron chi connectivity index (χ4n) is 3.62. The Hall–Kier alpha value is -0.780. The minimum absolute atomic E-state index is 0.0276. The Morgan fingerprint density at radius 1 is 1.32 bits per heavy atom. The maximum absolute atomic E-state index is 13.1. The van der Waals surface area contributed by atoms with Gasteiger partial charge in [0, 0.05) is 12.6 Å². The predicted molar refractivity (Wildman–Crippen MR) is 63.7 cm³/mol. The van der Waals surface area contributed by atoms with Crippen LogP contribution in [0.25, 0.3) is 0 Å². The van der Waals surface area contributed by atoms with Crippen molar-refractivity contribution >= 4 is 5.97 Å². The number of halogens is 3. The number of likely N-dealkylation sites (tertiary alicyclic amines) is 1. The molecule has 0 aromatic carbocycles. The minimum Gasteiger partial charge on any atom is -0.481 e. The second kappa shape index (κ2) is 4.36. The standard InChI is InChI=1S/C13H20F3NO2/c1-11(2)5-3-4-9(11)17-7-6-12(8-17,10(18)19)13(14,15)16/h9H,3-8H2,1-2H3,(H,18,19). The maximum atomic E-state index is 13.1. The molecule has 2 rings (SSSR count). The zero-order chi connectivity index (χ0) is 14.5. The largest absolute Gasteiger partial charge is 0.481 e. The van der Waals surface area contributed by atoms with Gasteiger partial charge in [0.15, 0.2) is 5.41 Å². The lowest BCUT2D eigenvalue weighted by Gasteiger charge is -2.36. The van der Waals surface area contributed by atoms with Crippen LogP contribution in [0.15, 0.2) is 0 Å². The summed E-state index contributed by atoms with van der Waals surface area (Å²) in [5.41, 5.74) is -2.61. The summed E-state index contributed by atoms with van der Waals surface area (Å²) in [7, 11) is 0. The molecule has 1 heterocycles. The molecular weight excluding hydrogens is 259 g/mol. The summed E-state index contributed by atoms with van der Waals surface area (Å²) < 4.78 is 39.3. The highest BCUT2D eigenvalue weighted by Gasteiger charge is 2.64. The molecule has 1 aliphatic heterocycles. The number of hydrogen-bond acceptors (Lipinski definition) is 2. The van der Waals surface area contributed by atoms with E-state index in [-0.39, 0.29) is 24.4 Å². The molecule has 6 heteroatoms. The predicted octanol–water partition coefficient (Wildman–Crippen LogP) is 2.90. The van der Waals surface area contributed by atoms with Gasteiger partial charge >= 0.3 is 12.1 Å². The van der Waals surface area contributed by atoms with Gasteiger partial charge in [-0.15, -0.1) is 0 Å². The van der Waals surface area contributed by atoms with E-state index in [4.69, 9.17) is 5.11 Å². The number of nitrogens with zero attached hydrogens (tertiary/aromatic N) is 1. The van der Waals surface area contributed by atoms with Crippen molar-refractivity contribution in [3.05, 3.63) is 0 Å². The van der Waals surface area contributed by atoms with Gasteiger partial charge in [0.1, 0.15) is 0 Å². The van der Waals surface area contributed by atoms with Gasteiger partial charge in [-0.2, -0.15) is 13.2 Å². The first-order valence-corrected chi connectivity index (χ1v) is 6.64. The molecule has 1 saturated heterocycles. The number of alkyl halides is 3. The highest BCUT2D eigenvalue weighted by Crippen LogP contribution is 2.49. The van der Waals surface area contributed by atoms with Gasteiger partial charge in [-0.05, 0) is 31.2 Å². The van der Waals surface area contributed by atoms with Gasteiger partial charge in [0.05, 0.1) is 0 Å². The summed E-state index contributed by atoms with van der Waals surface area (Å²) in [5, 5.41) is 9.04. The van der Waals surface area contributed by atoms with E-state index in [0.717, 1.165) is 19.3 Å². The molecule has 2 aliphatic rings. The van der Waals surface area contributed by atoms with Crippen molar-refractivity contribution in [1.82, 2.24) is 4.90 Å². The Bertz CT molecular complexity index is 381. The summed E-state index contributed by atoms with van der Waals surface area (Å²) in [5.74, 6) is -1.74. The van der Waals surface area contributed by atoms with Crippen LogP contribution in [0.4, 0.5) is 13.2 Å². The smallest absolute Gasteiger partial charge is 0.406 e. The third-order valence-electron chi connectivity index (χ3n) is 4.89. The molecule has 3 nitrogen and oxygen atoms in total. The second-order valence-electron chi connectivity index (χ2n) is 6.50. The Kier molecular flexibility index (Phi) is 3.36. The Balaban J connectivity index is 2.21. The zero-order valence-corrected chi connectivity index (χ0v) is 11.3. The molecule has 1 aliphatic carbocycles. The van der Waals surface area contributed by atoms with Crippen molar-refractivity contribution in [2.75, 3.05) is 13.1 Å². The molecule has 0 spiro atoms. The van der Waals surface area contributed by atoms with E-state index < -0.39 is 24.1 Å². The quantitative estimate of drug-likeness (QED) is 0.845. The van der Waals surface area contributed by atoms with E-state index in [1.807, 2.05) is 0 Å². The lowest BCUT2D eigenvalue weighted by molar-refractivity contribution is -0.228. The van der Waals surface area contributed by atoms with E-state index in [1.54, 1.807) is 4.90 Å². The molecule has 0 aromatic heterocycles. The third-order valence-corrected chi connectivity index (χ3v) is 4.89. The molecule has 2 atom stereocenters. The average molecular weight is 279 g/mol. The second-order valence-corrected chi connectivity index (χ2v) is 6.50. The molecule has 110 valence electrons. The van der Waals surface area contributed by atoms with Crippen molar-refractivity contribution in [3.8, 4) is 0 Å². The zero-order valence-electron chi connectivity index (χ0n) is 11.3. The van der Waals surface area contributed by atoms with Crippen molar-refractivity contribution in [1.29, 1.82) is 0 Å². The van der Waals surface area contributed by atoms with Crippen molar-refractivity contribution in [2.24, 2.45) is 10.8 Å². The van der Waals surface area contributed by atoms with E-state index in [2.05, 4.69) is 13.8 Å². The fraction of sp³-hybridized carbons (Fsp3) is 0.923. The molecule has 1 N–H and O–H groups in total. The van der Waals surface area contributed by atoms with Crippen molar-refractivity contribution in [2.45, 2.75) is 51.7 Å². The van der Waals surface area contributed by atoms with Crippen LogP contribution in [0.2, 0.25) is 0 Å². The number of carbonyl (C=O) groups is 1. The first kappa shape index (κ1) is 14.6. The molecule has 1 saturated carbocycles. The lowest BCUT2D eigenvalue weighted by atomic mass is 9.85. The third kappa shape index (κ3) is 2.24. The van der Waals surface area contributed by atoms with E-state index in [9.17, 15) is 18.0 Å². The number of rotatable bonds is 2. The Labute approximate surface area is 110 Å². The SMILES string of the molecule is CC1(C)CCCC1N1CCC(C(=O)O)(C(F)(F)F)C1. The topological polar surface area (TPSA) is 40.5 Å². The van der Waals surface area contributed by atoms with Gasteiger partial charge in [-0.25, -0.2) is 0 Å². The Morgan fingerprint density at radius 2 is 1.95 bits per heavy atom. The molecule has 0 amide bonds. The van der Waals surface area contributed by atoms with Crippen LogP contribution in [0.5, 0.6) is 0 Å². The molecular formula is C13H20F3NO2. The number of aliphatic carboxylic acids is 1. The summed E-state index contributed by atoms with van der Waals surface area (Å²) in [6.45, 7) is 3.93. The van der Waals surface area contributed by atoms with Crippen LogP contribution < -0.4 is 0 Å². The van der Waals surface area contributed by atoms with Gasteiger partial charge in [-0.3, -0.25) is 9.69 Å². The molecule has 19 heavy (non-hydrogen) atoms. The van der Waals surface area contributed by atoms with Gasteiger partial charge in [0.25, 0.3) is 0 Å². The normalized spacial score (nSPS) is 35.7. The molecule has 2 fully saturated rings. The van der Waals surface area contributed by atoms with Crippen LogP contribution in [-0.4, -0.2) is 41.3 Å². The number of hydrogen-bond donors (Lipinski definition) is 1. The summed E-state index contributed by atoms with van der Waals surface area (Å²) in [4.78, 5) is 12.9. The fourth-order valence-corrected chi connectivity index (χ4v) is 3.62. The van der Waals surface area contributed by atoms with Crippen LogP contribution in [-0.2, 0) is 4.79 Å². The number of carboxylic acids is 1. The maximum Gasteiger partial charge on any atom is 0.406 e. The van der Waals surface area contributed by atoms with Crippen LogP contribution in [0.3, 0.4) is 0 Å².